The highest BCUT2D eigenvalue weighted by atomic mass is 35.5. The fourth-order valence-electron chi connectivity index (χ4n) is 6.92. The van der Waals surface area contributed by atoms with Crippen molar-refractivity contribution in [1.82, 2.24) is 15.1 Å². The number of carbonyl (C=O) groups excluding carboxylic acids is 2. The van der Waals surface area contributed by atoms with Crippen molar-refractivity contribution in [3.8, 4) is 0 Å². The molecule has 0 aromatic heterocycles. The van der Waals surface area contributed by atoms with Crippen LogP contribution in [0.15, 0.2) is 54.6 Å². The highest BCUT2D eigenvalue weighted by Crippen LogP contribution is 2.37. The number of carbonyl (C=O) groups is 2. The van der Waals surface area contributed by atoms with Crippen LogP contribution >= 0.6 is 12.4 Å². The Morgan fingerprint density at radius 3 is 2.20 bits per heavy atom. The molecule has 5 rings (SSSR count). The smallest absolute Gasteiger partial charge is 0.246 e. The molecule has 0 radical (unpaired) electrons. The summed E-state index contributed by atoms with van der Waals surface area (Å²) < 4.78 is 0. The second-order valence-corrected chi connectivity index (χ2v) is 12.2. The Bertz CT molecular complexity index is 1140. The molecule has 2 aromatic carbocycles. The van der Waals surface area contributed by atoms with Gasteiger partial charge in [-0.15, -0.1) is 12.4 Å². The fraction of sp³-hybridized carbons (Fsp3) is 0.576. The Hall–Kier alpha value is -2.45. The van der Waals surface area contributed by atoms with Crippen LogP contribution in [-0.2, 0) is 16.1 Å². The number of aliphatic hydroxyl groups excluding tert-OH is 1. The van der Waals surface area contributed by atoms with Crippen molar-refractivity contribution in [3.05, 3.63) is 71.3 Å². The van der Waals surface area contributed by atoms with Crippen molar-refractivity contribution in [2.45, 2.75) is 101 Å². The van der Waals surface area contributed by atoms with Crippen LogP contribution in [0.5, 0.6) is 0 Å². The van der Waals surface area contributed by atoms with Crippen molar-refractivity contribution in [2.24, 2.45) is 0 Å². The third kappa shape index (κ3) is 6.96. The zero-order chi connectivity index (χ0) is 28.2. The standard InChI is InChI=1S/C33H45N3O4.ClH/c1-2-3-20-36-30(38)28(23-32(40)16-8-5-9-17-32)34-31(39)33(36)18-21-35(22-19-33)24-25-12-14-27(15-13-25)29(37)26-10-6-4-7-11-26;/h4,6-7,10-15,28-29,37,40H,2-3,5,8-9,16-24H2,1H3,(H,34,39);1H/t28-,29?;/m1./s1. The molecule has 3 aliphatic rings. The summed E-state index contributed by atoms with van der Waals surface area (Å²) in [5, 5.41) is 24.9. The van der Waals surface area contributed by atoms with E-state index in [-0.39, 0.29) is 24.2 Å². The number of hydrogen-bond donors (Lipinski definition) is 3. The summed E-state index contributed by atoms with van der Waals surface area (Å²) in [6, 6.07) is 17.1. The van der Waals surface area contributed by atoms with E-state index < -0.39 is 23.3 Å². The average molecular weight is 584 g/mol. The maximum atomic E-state index is 13.8. The first kappa shape index (κ1) is 31.5. The predicted molar refractivity (Wildman–Crippen MR) is 163 cm³/mol. The first-order valence-corrected chi connectivity index (χ1v) is 15.2. The maximum absolute atomic E-state index is 13.8. The van der Waals surface area contributed by atoms with Gasteiger partial charge < -0.3 is 20.4 Å². The van der Waals surface area contributed by atoms with Crippen molar-refractivity contribution >= 4 is 24.2 Å². The van der Waals surface area contributed by atoms with Crippen LogP contribution in [0, 0.1) is 0 Å². The summed E-state index contributed by atoms with van der Waals surface area (Å²) in [7, 11) is 0. The summed E-state index contributed by atoms with van der Waals surface area (Å²) in [6.07, 6.45) is 7.17. The van der Waals surface area contributed by atoms with Gasteiger partial charge in [-0.3, -0.25) is 14.5 Å². The van der Waals surface area contributed by atoms with Gasteiger partial charge in [0.15, 0.2) is 0 Å². The van der Waals surface area contributed by atoms with Crippen molar-refractivity contribution in [3.63, 3.8) is 0 Å². The third-order valence-corrected chi connectivity index (χ3v) is 9.41. The van der Waals surface area contributed by atoms with E-state index in [0.717, 1.165) is 68.4 Å². The Kier molecular flexibility index (Phi) is 10.5. The van der Waals surface area contributed by atoms with E-state index >= 15 is 0 Å². The van der Waals surface area contributed by atoms with Gasteiger partial charge in [-0.25, -0.2) is 0 Å². The van der Waals surface area contributed by atoms with E-state index in [4.69, 9.17) is 0 Å². The number of rotatable bonds is 9. The van der Waals surface area contributed by atoms with Crippen LogP contribution in [0.4, 0.5) is 0 Å². The largest absolute Gasteiger partial charge is 0.390 e. The molecule has 3 N–H and O–H groups in total. The molecule has 3 fully saturated rings. The van der Waals surface area contributed by atoms with Crippen LogP contribution < -0.4 is 5.32 Å². The van der Waals surface area contributed by atoms with E-state index in [1.165, 1.54) is 0 Å². The first-order chi connectivity index (χ1) is 19.3. The second-order valence-electron chi connectivity index (χ2n) is 12.2. The molecule has 7 nitrogen and oxygen atoms in total. The normalized spacial score (nSPS) is 23.1. The minimum atomic E-state index is -0.858. The number of piperidine rings is 1. The highest BCUT2D eigenvalue weighted by molar-refractivity contribution is 6.00. The van der Waals surface area contributed by atoms with Gasteiger partial charge in [-0.2, -0.15) is 0 Å². The number of nitrogens with one attached hydrogen (secondary N) is 1. The summed E-state index contributed by atoms with van der Waals surface area (Å²) in [5.74, 6) is -0.0698. The molecule has 2 atom stereocenters. The minimum absolute atomic E-state index is 0. The van der Waals surface area contributed by atoms with E-state index in [9.17, 15) is 19.8 Å². The van der Waals surface area contributed by atoms with Crippen LogP contribution in [0.3, 0.4) is 0 Å². The Morgan fingerprint density at radius 1 is 0.927 bits per heavy atom. The van der Waals surface area contributed by atoms with Crippen LogP contribution in [0.2, 0.25) is 0 Å². The maximum Gasteiger partial charge on any atom is 0.246 e. The predicted octanol–water partition coefficient (Wildman–Crippen LogP) is 4.74. The molecule has 224 valence electrons. The van der Waals surface area contributed by atoms with Gasteiger partial charge in [0.05, 0.1) is 5.60 Å². The van der Waals surface area contributed by atoms with Gasteiger partial charge in [-0.05, 0) is 48.8 Å². The number of nitrogens with zero attached hydrogens (tertiary/aromatic N) is 2. The van der Waals surface area contributed by atoms with Crippen LogP contribution in [0.1, 0.15) is 93.9 Å². The van der Waals surface area contributed by atoms with Gasteiger partial charge in [0.25, 0.3) is 0 Å². The molecule has 2 aromatic rings. The van der Waals surface area contributed by atoms with E-state index in [1.54, 1.807) is 0 Å². The topological polar surface area (TPSA) is 93.1 Å². The number of likely N-dealkylation sites (tertiary alicyclic amines) is 1. The summed E-state index contributed by atoms with van der Waals surface area (Å²) in [5.41, 5.74) is 1.23. The lowest BCUT2D eigenvalue weighted by Crippen LogP contribution is -2.73. The quantitative estimate of drug-likeness (QED) is 0.397. The van der Waals surface area contributed by atoms with E-state index in [1.807, 2.05) is 47.4 Å². The van der Waals surface area contributed by atoms with Gasteiger partial charge in [0, 0.05) is 32.6 Å². The van der Waals surface area contributed by atoms with Crippen LogP contribution in [0.25, 0.3) is 0 Å². The summed E-state index contributed by atoms with van der Waals surface area (Å²) in [4.78, 5) is 31.7. The molecule has 0 bridgehead atoms. The fourth-order valence-corrected chi connectivity index (χ4v) is 6.92. The number of unbranched alkanes of at least 4 members (excludes halogenated alkanes) is 1. The monoisotopic (exact) mass is 583 g/mol. The Balaban J connectivity index is 0.00000387. The lowest BCUT2D eigenvalue weighted by Gasteiger charge is -2.52. The molecule has 2 aliphatic heterocycles. The van der Waals surface area contributed by atoms with Gasteiger partial charge in [-0.1, -0.05) is 87.2 Å². The molecule has 1 unspecified atom stereocenters. The minimum Gasteiger partial charge on any atom is -0.390 e. The van der Waals surface area contributed by atoms with Crippen molar-refractivity contribution in [1.29, 1.82) is 0 Å². The van der Waals surface area contributed by atoms with Gasteiger partial charge in [0.1, 0.15) is 17.7 Å². The number of halogens is 1. The van der Waals surface area contributed by atoms with Gasteiger partial charge >= 0.3 is 0 Å². The Labute approximate surface area is 250 Å². The molecule has 1 aliphatic carbocycles. The molecule has 1 saturated carbocycles. The molecule has 2 heterocycles. The second kappa shape index (κ2) is 13.7. The molecule has 8 heteroatoms. The van der Waals surface area contributed by atoms with E-state index in [0.29, 0.717) is 38.6 Å². The molecule has 2 saturated heterocycles. The zero-order valence-corrected chi connectivity index (χ0v) is 25.1. The molecule has 2 amide bonds. The number of aliphatic hydroxyl groups is 2. The SMILES string of the molecule is CCCCN1C(=O)[C@@H](CC2(O)CCCCC2)NC(=O)C12CCN(Cc1ccc(C(O)c3ccccc3)cc1)CC2.Cl. The van der Waals surface area contributed by atoms with E-state index in [2.05, 4.69) is 29.3 Å². The van der Waals surface area contributed by atoms with Crippen LogP contribution in [-0.4, -0.2) is 68.6 Å². The number of benzene rings is 2. The Morgan fingerprint density at radius 2 is 1.56 bits per heavy atom. The number of hydrogen-bond acceptors (Lipinski definition) is 5. The van der Waals surface area contributed by atoms with Crippen molar-refractivity contribution < 1.29 is 19.8 Å². The number of piperazine rings is 1. The molecule has 1 spiro atoms. The lowest BCUT2D eigenvalue weighted by atomic mass is 9.77. The zero-order valence-electron chi connectivity index (χ0n) is 24.3. The third-order valence-electron chi connectivity index (χ3n) is 9.41. The first-order valence-electron chi connectivity index (χ1n) is 15.2. The molecular formula is C33H46ClN3O4. The summed E-state index contributed by atoms with van der Waals surface area (Å²) in [6.45, 7) is 4.91. The van der Waals surface area contributed by atoms with Crippen molar-refractivity contribution in [2.75, 3.05) is 19.6 Å². The highest BCUT2D eigenvalue weighted by Gasteiger charge is 2.54. The molecule has 41 heavy (non-hydrogen) atoms. The lowest BCUT2D eigenvalue weighted by molar-refractivity contribution is -0.163. The van der Waals surface area contributed by atoms with Gasteiger partial charge in [0.2, 0.25) is 11.8 Å². The average Bonchev–Trinajstić information content (AvgIpc) is 2.98. The summed E-state index contributed by atoms with van der Waals surface area (Å²) >= 11 is 0. The molecular weight excluding hydrogens is 538 g/mol. The number of amides is 2.